The molecule has 0 saturated carbocycles. The van der Waals surface area contributed by atoms with Crippen molar-refractivity contribution in [2.24, 2.45) is 12.5 Å². The quantitative estimate of drug-likeness (QED) is 0.790. The number of esters is 1. The average Bonchev–Trinajstić information content (AvgIpc) is 2.57. The van der Waals surface area contributed by atoms with Gasteiger partial charge in [-0.3, -0.25) is 4.68 Å². The molecule has 0 spiro atoms. The SMILES string of the molecule is COC(=O)C(Nc1cnn(C)c1)C(C)(C)C. The zero-order valence-electron chi connectivity index (χ0n) is 10.4. The molecular formula is C11H19N3O2. The summed E-state index contributed by atoms with van der Waals surface area (Å²) in [7, 11) is 3.22. The monoisotopic (exact) mass is 225 g/mol. The van der Waals surface area contributed by atoms with E-state index in [-0.39, 0.29) is 17.4 Å². The van der Waals surface area contributed by atoms with Gasteiger partial charge in [-0.2, -0.15) is 5.10 Å². The Bertz CT molecular complexity index is 366. The molecule has 5 heteroatoms. The van der Waals surface area contributed by atoms with Gasteiger partial charge in [0.15, 0.2) is 0 Å². The van der Waals surface area contributed by atoms with Gasteiger partial charge in [0.2, 0.25) is 0 Å². The van der Waals surface area contributed by atoms with Gasteiger partial charge in [0, 0.05) is 13.2 Å². The number of rotatable bonds is 3. The summed E-state index contributed by atoms with van der Waals surface area (Å²) >= 11 is 0. The van der Waals surface area contributed by atoms with Gasteiger partial charge in [0.25, 0.3) is 0 Å². The first-order chi connectivity index (χ1) is 7.34. The number of methoxy groups -OCH3 is 1. The van der Waals surface area contributed by atoms with E-state index in [1.807, 2.05) is 34.0 Å². The van der Waals surface area contributed by atoms with Crippen molar-refractivity contribution in [3.8, 4) is 0 Å². The van der Waals surface area contributed by atoms with Gasteiger partial charge in [0.1, 0.15) is 6.04 Å². The molecule has 1 N–H and O–H groups in total. The molecule has 90 valence electrons. The van der Waals surface area contributed by atoms with Crippen LogP contribution in [-0.2, 0) is 16.6 Å². The molecule has 0 bridgehead atoms. The first-order valence-corrected chi connectivity index (χ1v) is 5.17. The Labute approximate surface area is 95.8 Å². The van der Waals surface area contributed by atoms with Crippen molar-refractivity contribution in [1.82, 2.24) is 9.78 Å². The molecule has 0 aliphatic rings. The van der Waals surface area contributed by atoms with E-state index < -0.39 is 0 Å². The van der Waals surface area contributed by atoms with Crippen LogP contribution in [-0.4, -0.2) is 28.9 Å². The van der Waals surface area contributed by atoms with E-state index in [1.165, 1.54) is 7.11 Å². The van der Waals surface area contributed by atoms with Crippen molar-refractivity contribution in [3.05, 3.63) is 12.4 Å². The molecule has 0 saturated heterocycles. The molecule has 0 aromatic carbocycles. The van der Waals surface area contributed by atoms with Crippen LogP contribution >= 0.6 is 0 Å². The predicted octanol–water partition coefficient (Wildman–Crippen LogP) is 1.42. The van der Waals surface area contributed by atoms with E-state index in [1.54, 1.807) is 10.9 Å². The number of aryl methyl sites for hydroxylation is 1. The first-order valence-electron chi connectivity index (χ1n) is 5.17. The van der Waals surface area contributed by atoms with Gasteiger partial charge < -0.3 is 10.1 Å². The molecular weight excluding hydrogens is 206 g/mol. The highest BCUT2D eigenvalue weighted by molar-refractivity contribution is 5.80. The standard InChI is InChI=1S/C11H19N3O2/c1-11(2,3)9(10(15)16-5)13-8-6-12-14(4)7-8/h6-7,9,13H,1-5H3. The predicted molar refractivity (Wildman–Crippen MR) is 62.1 cm³/mol. The van der Waals surface area contributed by atoms with Crippen LogP contribution in [0.3, 0.4) is 0 Å². The first kappa shape index (κ1) is 12.5. The van der Waals surface area contributed by atoms with Crippen LogP contribution in [0.15, 0.2) is 12.4 Å². The molecule has 0 aliphatic heterocycles. The average molecular weight is 225 g/mol. The van der Waals surface area contributed by atoms with Gasteiger partial charge in [0.05, 0.1) is 19.0 Å². The van der Waals surface area contributed by atoms with Crippen molar-refractivity contribution >= 4 is 11.7 Å². The number of carbonyl (C=O) groups is 1. The second-order valence-electron chi connectivity index (χ2n) is 4.87. The van der Waals surface area contributed by atoms with Crippen molar-refractivity contribution in [1.29, 1.82) is 0 Å². The minimum atomic E-state index is -0.387. The maximum Gasteiger partial charge on any atom is 0.328 e. The van der Waals surface area contributed by atoms with Gasteiger partial charge in [-0.25, -0.2) is 4.79 Å². The lowest BCUT2D eigenvalue weighted by Gasteiger charge is -2.29. The minimum absolute atomic E-state index is 0.219. The van der Waals surface area contributed by atoms with E-state index in [0.29, 0.717) is 0 Å². The van der Waals surface area contributed by atoms with Crippen LogP contribution in [0.4, 0.5) is 5.69 Å². The zero-order chi connectivity index (χ0) is 12.3. The summed E-state index contributed by atoms with van der Waals surface area (Å²) in [6, 6.07) is -0.387. The highest BCUT2D eigenvalue weighted by atomic mass is 16.5. The number of carbonyl (C=O) groups excluding carboxylic acids is 1. The Morgan fingerprint density at radius 1 is 1.56 bits per heavy atom. The molecule has 16 heavy (non-hydrogen) atoms. The van der Waals surface area contributed by atoms with Crippen LogP contribution in [0.1, 0.15) is 20.8 Å². The van der Waals surface area contributed by atoms with Crippen molar-refractivity contribution in [3.63, 3.8) is 0 Å². The third kappa shape index (κ3) is 2.98. The van der Waals surface area contributed by atoms with Crippen molar-refractivity contribution in [2.45, 2.75) is 26.8 Å². The Hall–Kier alpha value is -1.52. The Morgan fingerprint density at radius 2 is 2.19 bits per heavy atom. The largest absolute Gasteiger partial charge is 0.467 e. The normalized spacial score (nSPS) is 13.3. The lowest BCUT2D eigenvalue weighted by molar-refractivity contribution is -0.143. The third-order valence-corrected chi connectivity index (χ3v) is 2.32. The summed E-state index contributed by atoms with van der Waals surface area (Å²) < 4.78 is 6.47. The van der Waals surface area contributed by atoms with Crippen LogP contribution < -0.4 is 5.32 Å². The highest BCUT2D eigenvalue weighted by Gasteiger charge is 2.32. The lowest BCUT2D eigenvalue weighted by Crippen LogP contribution is -2.41. The molecule has 0 aliphatic carbocycles. The number of aromatic nitrogens is 2. The second kappa shape index (κ2) is 4.55. The summed E-state index contributed by atoms with van der Waals surface area (Å²) in [5, 5.41) is 7.17. The van der Waals surface area contributed by atoms with E-state index in [0.717, 1.165) is 5.69 Å². The summed E-state index contributed by atoms with van der Waals surface area (Å²) in [4.78, 5) is 11.7. The molecule has 1 unspecified atom stereocenters. The Kier molecular flexibility index (Phi) is 3.57. The van der Waals surface area contributed by atoms with Crippen LogP contribution in [0.25, 0.3) is 0 Å². The topological polar surface area (TPSA) is 56.1 Å². The smallest absolute Gasteiger partial charge is 0.328 e. The molecule has 1 heterocycles. The molecule has 1 aromatic rings. The van der Waals surface area contributed by atoms with E-state index >= 15 is 0 Å². The van der Waals surface area contributed by atoms with E-state index in [9.17, 15) is 4.79 Å². The second-order valence-corrected chi connectivity index (χ2v) is 4.87. The minimum Gasteiger partial charge on any atom is -0.467 e. The molecule has 1 rings (SSSR count). The fourth-order valence-corrected chi connectivity index (χ4v) is 1.41. The van der Waals surface area contributed by atoms with Gasteiger partial charge in [-0.05, 0) is 5.41 Å². The summed E-state index contributed by atoms with van der Waals surface area (Å²) in [5.74, 6) is -0.267. The molecule has 1 aromatic heterocycles. The molecule has 0 fully saturated rings. The van der Waals surface area contributed by atoms with Crippen molar-refractivity contribution in [2.75, 3.05) is 12.4 Å². The number of ether oxygens (including phenoxy) is 1. The third-order valence-electron chi connectivity index (χ3n) is 2.32. The fourth-order valence-electron chi connectivity index (χ4n) is 1.41. The van der Waals surface area contributed by atoms with Gasteiger partial charge >= 0.3 is 5.97 Å². The van der Waals surface area contributed by atoms with Crippen LogP contribution in [0.2, 0.25) is 0 Å². The Morgan fingerprint density at radius 3 is 2.56 bits per heavy atom. The van der Waals surface area contributed by atoms with Crippen LogP contribution in [0, 0.1) is 5.41 Å². The maximum atomic E-state index is 11.7. The Balaban J connectivity index is 2.83. The lowest BCUT2D eigenvalue weighted by atomic mass is 9.86. The number of nitrogens with one attached hydrogen (secondary N) is 1. The van der Waals surface area contributed by atoms with Gasteiger partial charge in [-0.15, -0.1) is 0 Å². The molecule has 0 radical (unpaired) electrons. The number of hydrogen-bond donors (Lipinski definition) is 1. The number of hydrogen-bond acceptors (Lipinski definition) is 4. The van der Waals surface area contributed by atoms with E-state index in [2.05, 4.69) is 10.4 Å². The maximum absolute atomic E-state index is 11.7. The fraction of sp³-hybridized carbons (Fsp3) is 0.636. The number of anilines is 1. The summed E-state index contributed by atoms with van der Waals surface area (Å²) in [5.41, 5.74) is 0.593. The summed E-state index contributed by atoms with van der Waals surface area (Å²) in [6.07, 6.45) is 3.50. The van der Waals surface area contributed by atoms with Gasteiger partial charge in [-0.1, -0.05) is 20.8 Å². The molecule has 0 amide bonds. The van der Waals surface area contributed by atoms with Crippen LogP contribution in [0.5, 0.6) is 0 Å². The van der Waals surface area contributed by atoms with E-state index in [4.69, 9.17) is 4.74 Å². The highest BCUT2D eigenvalue weighted by Crippen LogP contribution is 2.23. The molecule has 5 nitrogen and oxygen atoms in total. The van der Waals surface area contributed by atoms with Crippen molar-refractivity contribution < 1.29 is 9.53 Å². The summed E-state index contributed by atoms with van der Waals surface area (Å²) in [6.45, 7) is 5.95. The number of nitrogens with zero attached hydrogens (tertiary/aromatic N) is 2. The zero-order valence-corrected chi connectivity index (χ0v) is 10.4. The molecule has 1 atom stereocenters.